The molecule has 0 bridgehead atoms. The molecule has 110 valence electrons. The lowest BCUT2D eigenvalue weighted by Gasteiger charge is -2.24. The number of aliphatic hydroxyl groups is 1. The summed E-state index contributed by atoms with van der Waals surface area (Å²) in [7, 11) is 0. The van der Waals surface area contributed by atoms with Crippen molar-refractivity contribution in [2.45, 2.75) is 25.5 Å². The quantitative estimate of drug-likeness (QED) is 0.851. The second kappa shape index (κ2) is 6.29. The van der Waals surface area contributed by atoms with E-state index in [9.17, 15) is 5.11 Å². The van der Waals surface area contributed by atoms with Crippen molar-refractivity contribution in [3.05, 3.63) is 65.2 Å². The van der Waals surface area contributed by atoms with Gasteiger partial charge in [-0.15, -0.1) is 0 Å². The van der Waals surface area contributed by atoms with Crippen molar-refractivity contribution in [2.24, 2.45) is 0 Å². The van der Waals surface area contributed by atoms with Gasteiger partial charge < -0.3 is 10.8 Å². The van der Waals surface area contributed by atoms with Crippen LogP contribution in [0.1, 0.15) is 29.2 Å². The zero-order chi connectivity index (χ0) is 14.7. The number of hydrogen-bond donors (Lipinski definition) is 2. The van der Waals surface area contributed by atoms with Crippen molar-refractivity contribution in [1.29, 1.82) is 0 Å². The Morgan fingerprint density at radius 1 is 1.05 bits per heavy atom. The third kappa shape index (κ3) is 3.43. The first kappa shape index (κ1) is 14.1. The number of nitrogens with zero attached hydrogens (tertiary/aromatic N) is 1. The van der Waals surface area contributed by atoms with Crippen molar-refractivity contribution >= 4 is 5.69 Å². The predicted molar refractivity (Wildman–Crippen MR) is 85.9 cm³/mol. The highest BCUT2D eigenvalue weighted by molar-refractivity contribution is 5.39. The van der Waals surface area contributed by atoms with Gasteiger partial charge in [-0.05, 0) is 48.2 Å². The number of aryl methyl sites for hydroxylation is 1. The van der Waals surface area contributed by atoms with Gasteiger partial charge in [0.1, 0.15) is 0 Å². The van der Waals surface area contributed by atoms with Crippen LogP contribution in [0.4, 0.5) is 5.69 Å². The molecule has 0 saturated heterocycles. The molecule has 0 fully saturated rings. The largest absolute Gasteiger partial charge is 0.399 e. The van der Waals surface area contributed by atoms with E-state index in [1.807, 2.05) is 24.3 Å². The van der Waals surface area contributed by atoms with Gasteiger partial charge in [-0.25, -0.2) is 0 Å². The Hall–Kier alpha value is -1.84. The number of rotatable bonds is 3. The van der Waals surface area contributed by atoms with Gasteiger partial charge in [0.15, 0.2) is 0 Å². The number of nitrogens with two attached hydrogens (primary N) is 1. The Morgan fingerprint density at radius 3 is 2.52 bits per heavy atom. The van der Waals surface area contributed by atoms with Crippen LogP contribution in [-0.4, -0.2) is 23.1 Å². The monoisotopic (exact) mass is 282 g/mol. The molecule has 1 aliphatic rings. The van der Waals surface area contributed by atoms with E-state index in [2.05, 4.69) is 29.2 Å². The summed E-state index contributed by atoms with van der Waals surface area (Å²) >= 11 is 0. The summed E-state index contributed by atoms with van der Waals surface area (Å²) in [4.78, 5) is 2.34. The molecule has 2 aromatic carbocycles. The molecule has 3 N–H and O–H groups in total. The molecule has 0 saturated carbocycles. The summed E-state index contributed by atoms with van der Waals surface area (Å²) in [5.41, 5.74) is 10.2. The molecule has 0 aromatic heterocycles. The minimum absolute atomic E-state index is 0.462. The number of nitrogen functional groups attached to an aromatic ring is 1. The average molecular weight is 282 g/mol. The van der Waals surface area contributed by atoms with Crippen LogP contribution >= 0.6 is 0 Å². The first-order valence-corrected chi connectivity index (χ1v) is 7.55. The molecular formula is C18H22N2O. The van der Waals surface area contributed by atoms with Crippen LogP contribution < -0.4 is 5.73 Å². The Bertz CT molecular complexity index is 594. The molecule has 3 nitrogen and oxygen atoms in total. The molecule has 0 radical (unpaired) electrons. The summed E-state index contributed by atoms with van der Waals surface area (Å²) in [6.07, 6.45) is 1.81. The number of hydrogen-bond acceptors (Lipinski definition) is 3. The highest BCUT2D eigenvalue weighted by atomic mass is 16.3. The molecule has 0 amide bonds. The van der Waals surface area contributed by atoms with Gasteiger partial charge in [-0.3, -0.25) is 4.90 Å². The van der Waals surface area contributed by atoms with E-state index < -0.39 is 6.10 Å². The molecule has 1 aliphatic heterocycles. The molecule has 3 rings (SSSR count). The fourth-order valence-corrected chi connectivity index (χ4v) is 2.99. The standard InChI is InChI=1S/C18H22N2O/c19-17-9-7-15(8-10-17)18(21)13-20-11-3-6-14-4-1-2-5-16(14)12-20/h1-2,4-5,7-10,18,21H,3,6,11-13,19H2. The van der Waals surface area contributed by atoms with Crippen LogP contribution in [0.3, 0.4) is 0 Å². The zero-order valence-corrected chi connectivity index (χ0v) is 12.2. The zero-order valence-electron chi connectivity index (χ0n) is 12.2. The fourth-order valence-electron chi connectivity index (χ4n) is 2.99. The first-order valence-electron chi connectivity index (χ1n) is 7.55. The van der Waals surface area contributed by atoms with Crippen molar-refractivity contribution in [1.82, 2.24) is 4.90 Å². The summed E-state index contributed by atoms with van der Waals surface area (Å²) in [6, 6.07) is 16.1. The number of fused-ring (bicyclic) bond motifs is 1. The van der Waals surface area contributed by atoms with Gasteiger partial charge in [0.05, 0.1) is 6.10 Å². The normalized spacial score (nSPS) is 17.0. The number of anilines is 1. The SMILES string of the molecule is Nc1ccc(C(O)CN2CCCc3ccccc3C2)cc1. The van der Waals surface area contributed by atoms with Crippen LogP contribution in [0.2, 0.25) is 0 Å². The topological polar surface area (TPSA) is 49.5 Å². The highest BCUT2D eigenvalue weighted by Gasteiger charge is 2.17. The molecule has 21 heavy (non-hydrogen) atoms. The average Bonchev–Trinajstić information content (AvgIpc) is 2.69. The lowest BCUT2D eigenvalue weighted by atomic mass is 10.0. The van der Waals surface area contributed by atoms with Gasteiger partial charge in [-0.1, -0.05) is 36.4 Å². The van der Waals surface area contributed by atoms with Crippen LogP contribution in [0.5, 0.6) is 0 Å². The number of benzene rings is 2. The summed E-state index contributed by atoms with van der Waals surface area (Å²) in [5, 5.41) is 10.4. The maximum atomic E-state index is 10.4. The maximum Gasteiger partial charge on any atom is 0.0917 e. The van der Waals surface area contributed by atoms with Crippen molar-refractivity contribution in [3.63, 3.8) is 0 Å². The first-order chi connectivity index (χ1) is 10.2. The van der Waals surface area contributed by atoms with Crippen LogP contribution in [-0.2, 0) is 13.0 Å². The predicted octanol–water partition coefficient (Wildman–Crippen LogP) is 2.75. The minimum atomic E-state index is -0.462. The van der Waals surface area contributed by atoms with Gasteiger partial charge in [-0.2, -0.15) is 0 Å². The van der Waals surface area contributed by atoms with Gasteiger partial charge in [0, 0.05) is 18.8 Å². The van der Waals surface area contributed by atoms with E-state index in [0.29, 0.717) is 6.54 Å². The minimum Gasteiger partial charge on any atom is -0.399 e. The third-order valence-electron chi connectivity index (χ3n) is 4.19. The molecule has 0 spiro atoms. The number of aliphatic hydroxyl groups excluding tert-OH is 1. The maximum absolute atomic E-state index is 10.4. The smallest absolute Gasteiger partial charge is 0.0917 e. The van der Waals surface area contributed by atoms with Crippen LogP contribution in [0.25, 0.3) is 0 Å². The van der Waals surface area contributed by atoms with Gasteiger partial charge in [0.2, 0.25) is 0 Å². The Morgan fingerprint density at radius 2 is 1.76 bits per heavy atom. The Balaban J connectivity index is 1.69. The second-order valence-corrected chi connectivity index (χ2v) is 5.79. The second-order valence-electron chi connectivity index (χ2n) is 5.79. The lowest BCUT2D eigenvalue weighted by Crippen LogP contribution is -2.28. The van der Waals surface area contributed by atoms with Crippen molar-refractivity contribution in [3.8, 4) is 0 Å². The van der Waals surface area contributed by atoms with Gasteiger partial charge in [0.25, 0.3) is 0 Å². The molecule has 2 aromatic rings. The third-order valence-corrected chi connectivity index (χ3v) is 4.19. The van der Waals surface area contributed by atoms with E-state index >= 15 is 0 Å². The fraction of sp³-hybridized carbons (Fsp3) is 0.333. The lowest BCUT2D eigenvalue weighted by molar-refractivity contribution is 0.110. The summed E-state index contributed by atoms with van der Waals surface area (Å²) in [5.74, 6) is 0. The van der Waals surface area contributed by atoms with Crippen LogP contribution in [0.15, 0.2) is 48.5 Å². The van der Waals surface area contributed by atoms with Crippen LogP contribution in [0, 0.1) is 0 Å². The summed E-state index contributed by atoms with van der Waals surface area (Å²) in [6.45, 7) is 2.61. The molecule has 1 unspecified atom stereocenters. The Kier molecular flexibility index (Phi) is 4.23. The molecule has 0 aliphatic carbocycles. The van der Waals surface area contributed by atoms with Crippen molar-refractivity contribution < 1.29 is 5.11 Å². The molecule has 3 heteroatoms. The van der Waals surface area contributed by atoms with Gasteiger partial charge >= 0.3 is 0 Å². The molecule has 1 heterocycles. The van der Waals surface area contributed by atoms with E-state index in [-0.39, 0.29) is 0 Å². The van der Waals surface area contributed by atoms with E-state index in [1.54, 1.807) is 0 Å². The highest BCUT2D eigenvalue weighted by Crippen LogP contribution is 2.22. The molecular weight excluding hydrogens is 260 g/mol. The Labute approximate surface area is 126 Å². The van der Waals surface area contributed by atoms with E-state index in [0.717, 1.165) is 37.2 Å². The van der Waals surface area contributed by atoms with Crippen molar-refractivity contribution in [2.75, 3.05) is 18.8 Å². The van der Waals surface area contributed by atoms with E-state index in [1.165, 1.54) is 11.1 Å². The number of β-amino-alcohol motifs (C(OH)–C–C–N with tert-alkyl or cyclic N) is 1. The van der Waals surface area contributed by atoms with E-state index in [4.69, 9.17) is 5.73 Å². The molecule has 1 atom stereocenters. The summed E-state index contributed by atoms with van der Waals surface area (Å²) < 4.78 is 0.